The van der Waals surface area contributed by atoms with Crippen molar-refractivity contribution in [2.24, 2.45) is 0 Å². The lowest BCUT2D eigenvalue weighted by molar-refractivity contribution is -0.206. The Morgan fingerprint density at radius 2 is 1.76 bits per heavy atom. The third kappa shape index (κ3) is 7.40. The summed E-state index contributed by atoms with van der Waals surface area (Å²) < 4.78 is 63.7. The number of alkyl halides is 3. The summed E-state index contributed by atoms with van der Waals surface area (Å²) in [5.74, 6) is -2.17. The number of esters is 1. The van der Waals surface area contributed by atoms with Crippen LogP contribution in [0.25, 0.3) is 0 Å². The summed E-state index contributed by atoms with van der Waals surface area (Å²) in [4.78, 5) is 12.1. The number of hydrogen-bond donors (Lipinski definition) is 0. The first-order valence-corrected chi connectivity index (χ1v) is 9.55. The van der Waals surface area contributed by atoms with Crippen molar-refractivity contribution in [3.63, 3.8) is 0 Å². The van der Waals surface area contributed by atoms with Crippen molar-refractivity contribution < 1.29 is 31.8 Å². The molecule has 0 heterocycles. The molecule has 0 aliphatic heterocycles. The number of ether oxygens (including phenoxy) is 2. The van der Waals surface area contributed by atoms with Crippen LogP contribution in [0, 0.1) is 5.82 Å². The number of benzene rings is 2. The highest BCUT2D eigenvalue weighted by Gasteiger charge is 2.42. The Morgan fingerprint density at radius 1 is 1.03 bits per heavy atom. The van der Waals surface area contributed by atoms with E-state index in [9.17, 15) is 22.4 Å². The third-order valence-corrected chi connectivity index (χ3v) is 4.34. The maximum atomic E-state index is 14.3. The smallest absolute Gasteiger partial charge is 0.425 e. The minimum Gasteiger partial charge on any atom is -0.489 e. The third-order valence-electron chi connectivity index (χ3n) is 4.34. The zero-order valence-corrected chi connectivity index (χ0v) is 16.2. The van der Waals surface area contributed by atoms with Gasteiger partial charge >= 0.3 is 12.1 Å². The van der Waals surface area contributed by atoms with Crippen LogP contribution in [0.2, 0.25) is 0 Å². The Hall–Kier alpha value is -2.57. The van der Waals surface area contributed by atoms with Gasteiger partial charge in [0, 0.05) is 6.07 Å². The van der Waals surface area contributed by atoms with Crippen LogP contribution >= 0.6 is 0 Å². The maximum Gasteiger partial charge on any atom is 0.425 e. The number of carbonyl (C=O) groups excluding carboxylic acids is 1. The fourth-order valence-electron chi connectivity index (χ4n) is 2.73. The highest BCUT2D eigenvalue weighted by Crippen LogP contribution is 2.29. The van der Waals surface area contributed by atoms with E-state index in [0.29, 0.717) is 6.42 Å². The number of rotatable bonds is 10. The second-order valence-electron chi connectivity index (χ2n) is 6.70. The van der Waals surface area contributed by atoms with Gasteiger partial charge in [0.2, 0.25) is 0 Å². The summed E-state index contributed by atoms with van der Waals surface area (Å²) in [6.45, 7) is 2.13. The van der Waals surface area contributed by atoms with Gasteiger partial charge < -0.3 is 9.47 Å². The Balaban J connectivity index is 1.99. The molecule has 3 nitrogen and oxygen atoms in total. The van der Waals surface area contributed by atoms with Crippen LogP contribution in [-0.4, -0.2) is 18.2 Å². The van der Waals surface area contributed by atoms with Crippen LogP contribution in [0.4, 0.5) is 17.6 Å². The van der Waals surface area contributed by atoms with Gasteiger partial charge in [-0.15, -0.1) is 0 Å². The van der Waals surface area contributed by atoms with Gasteiger partial charge in [-0.2, -0.15) is 13.2 Å². The van der Waals surface area contributed by atoms with Gasteiger partial charge in [-0.1, -0.05) is 56.5 Å². The highest BCUT2D eigenvalue weighted by atomic mass is 19.4. The van der Waals surface area contributed by atoms with Crippen molar-refractivity contribution in [2.45, 2.75) is 57.9 Å². The molecular formula is C22H24F4O3. The van der Waals surface area contributed by atoms with Crippen LogP contribution in [-0.2, 0) is 11.3 Å². The minimum absolute atomic E-state index is 0.162. The molecule has 0 N–H and O–H groups in total. The second-order valence-corrected chi connectivity index (χ2v) is 6.70. The van der Waals surface area contributed by atoms with E-state index in [1.165, 1.54) is 6.07 Å². The predicted octanol–water partition coefficient (Wildman–Crippen LogP) is 6.46. The van der Waals surface area contributed by atoms with Crippen molar-refractivity contribution in [1.29, 1.82) is 0 Å². The first kappa shape index (κ1) is 22.7. The molecule has 0 saturated heterocycles. The molecule has 0 aliphatic carbocycles. The Kier molecular flexibility index (Phi) is 8.49. The average molecular weight is 412 g/mol. The second kappa shape index (κ2) is 10.8. The molecule has 0 aromatic heterocycles. The monoisotopic (exact) mass is 412 g/mol. The minimum atomic E-state index is -4.70. The molecule has 29 heavy (non-hydrogen) atoms. The quantitative estimate of drug-likeness (QED) is 0.255. The molecular weight excluding hydrogens is 388 g/mol. The lowest BCUT2D eigenvalue weighted by atomic mass is 10.1. The molecule has 2 rings (SSSR count). The van der Waals surface area contributed by atoms with Crippen molar-refractivity contribution in [2.75, 3.05) is 0 Å². The zero-order chi connectivity index (χ0) is 21.3. The molecule has 2 aromatic rings. The van der Waals surface area contributed by atoms with Crippen LogP contribution in [0.15, 0.2) is 48.5 Å². The molecule has 1 atom stereocenters. The largest absolute Gasteiger partial charge is 0.489 e. The molecule has 0 saturated carbocycles. The van der Waals surface area contributed by atoms with Gasteiger partial charge in [0.25, 0.3) is 0 Å². The van der Waals surface area contributed by atoms with Gasteiger partial charge in [0.15, 0.2) is 6.10 Å². The van der Waals surface area contributed by atoms with Crippen molar-refractivity contribution >= 4 is 5.97 Å². The molecule has 0 radical (unpaired) electrons. The molecule has 0 fully saturated rings. The topological polar surface area (TPSA) is 35.5 Å². The van der Waals surface area contributed by atoms with E-state index in [4.69, 9.17) is 4.74 Å². The number of unbranched alkanes of at least 4 members (excludes halogenated alkanes) is 3. The zero-order valence-electron chi connectivity index (χ0n) is 16.2. The van der Waals surface area contributed by atoms with Gasteiger partial charge in [-0.3, -0.25) is 0 Å². The summed E-state index contributed by atoms with van der Waals surface area (Å²) in [7, 11) is 0. The van der Waals surface area contributed by atoms with Crippen LogP contribution < -0.4 is 4.74 Å². The first-order chi connectivity index (χ1) is 13.8. The summed E-state index contributed by atoms with van der Waals surface area (Å²) in [6.07, 6.45) is -4.72. The van der Waals surface area contributed by atoms with Crippen LogP contribution in [0.3, 0.4) is 0 Å². The van der Waals surface area contributed by atoms with E-state index in [-0.39, 0.29) is 25.2 Å². The van der Waals surface area contributed by atoms with E-state index < -0.39 is 29.6 Å². The van der Waals surface area contributed by atoms with E-state index in [2.05, 4.69) is 4.74 Å². The lowest BCUT2D eigenvalue weighted by Gasteiger charge is -2.21. The molecule has 0 bridgehead atoms. The standard InChI is InChI=1S/C22H24F4O3/c1-2-3-4-8-11-20(22(24,25)26)29-21(27)18-13-12-17(14-19(18)23)28-15-16-9-6-5-7-10-16/h5-7,9-10,12-14,20H,2-4,8,11,15H2,1H3. The van der Waals surface area contributed by atoms with Crippen molar-refractivity contribution in [1.82, 2.24) is 0 Å². The van der Waals surface area contributed by atoms with Crippen molar-refractivity contribution in [3.8, 4) is 5.75 Å². The average Bonchev–Trinajstić information content (AvgIpc) is 2.68. The Bertz CT molecular complexity index is 775. The fourth-order valence-corrected chi connectivity index (χ4v) is 2.73. The predicted molar refractivity (Wildman–Crippen MR) is 101 cm³/mol. The molecule has 158 valence electrons. The number of hydrogen-bond acceptors (Lipinski definition) is 3. The summed E-state index contributed by atoms with van der Waals surface area (Å²) in [5.41, 5.74) is 0.312. The lowest BCUT2D eigenvalue weighted by Crippen LogP contribution is -2.34. The first-order valence-electron chi connectivity index (χ1n) is 9.55. The van der Waals surface area contributed by atoms with Gasteiger partial charge in [0.05, 0.1) is 5.56 Å². The molecule has 0 amide bonds. The molecule has 7 heteroatoms. The van der Waals surface area contributed by atoms with Crippen molar-refractivity contribution in [3.05, 3.63) is 65.5 Å². The van der Waals surface area contributed by atoms with Crippen LogP contribution in [0.5, 0.6) is 5.75 Å². The van der Waals surface area contributed by atoms with Gasteiger partial charge in [0.1, 0.15) is 18.2 Å². The van der Waals surface area contributed by atoms with E-state index >= 15 is 0 Å². The van der Waals surface area contributed by atoms with Gasteiger partial charge in [-0.05, 0) is 30.5 Å². The van der Waals surface area contributed by atoms with Crippen LogP contribution in [0.1, 0.15) is 54.9 Å². The molecule has 0 aliphatic rings. The number of carbonyl (C=O) groups is 1. The highest BCUT2D eigenvalue weighted by molar-refractivity contribution is 5.90. The maximum absolute atomic E-state index is 14.3. The van der Waals surface area contributed by atoms with E-state index in [0.717, 1.165) is 30.5 Å². The summed E-state index contributed by atoms with van der Waals surface area (Å²) in [6, 6.07) is 12.5. The fraction of sp³-hybridized carbons (Fsp3) is 0.409. The SMILES string of the molecule is CCCCCCC(OC(=O)c1ccc(OCc2ccccc2)cc1F)C(F)(F)F. The number of halogens is 4. The molecule has 0 spiro atoms. The van der Waals surface area contributed by atoms with E-state index in [1.54, 1.807) is 0 Å². The Labute approximate surface area is 167 Å². The van der Waals surface area contributed by atoms with E-state index in [1.807, 2.05) is 37.3 Å². The normalized spacial score (nSPS) is 12.4. The summed E-state index contributed by atoms with van der Waals surface area (Å²) >= 11 is 0. The van der Waals surface area contributed by atoms with Gasteiger partial charge in [-0.25, -0.2) is 9.18 Å². The molecule has 1 unspecified atom stereocenters. The molecule has 2 aromatic carbocycles. The summed E-state index contributed by atoms with van der Waals surface area (Å²) in [5, 5.41) is 0. The Morgan fingerprint density at radius 3 is 2.38 bits per heavy atom.